The average molecular weight is 227 g/mol. The van der Waals surface area contributed by atoms with Gasteiger partial charge in [-0.3, -0.25) is 0 Å². The molecule has 5 heteroatoms. The van der Waals surface area contributed by atoms with Gasteiger partial charge in [-0.15, -0.1) is 0 Å². The Bertz CT molecular complexity index is 440. The number of sulfonamides is 1. The molecule has 0 unspecified atom stereocenters. The first-order valence-corrected chi connectivity index (χ1v) is 5.86. The summed E-state index contributed by atoms with van der Waals surface area (Å²) in [6.45, 7) is 3.77. The molecule has 1 aromatic carbocycles. The van der Waals surface area contributed by atoms with Crippen molar-refractivity contribution in [3.05, 3.63) is 36.9 Å². The SMILES string of the molecule is C=CCOc1ccccc1S(=O)(=O)NC. The highest BCUT2D eigenvalue weighted by Gasteiger charge is 2.16. The van der Waals surface area contributed by atoms with Gasteiger partial charge in [0.1, 0.15) is 17.3 Å². The van der Waals surface area contributed by atoms with Crippen molar-refractivity contribution < 1.29 is 13.2 Å². The van der Waals surface area contributed by atoms with Crippen LogP contribution in [0.2, 0.25) is 0 Å². The largest absolute Gasteiger partial charge is 0.488 e. The number of para-hydroxylation sites is 1. The summed E-state index contributed by atoms with van der Waals surface area (Å²) in [6, 6.07) is 6.45. The summed E-state index contributed by atoms with van der Waals surface area (Å²) in [5, 5.41) is 0. The molecule has 0 aliphatic rings. The van der Waals surface area contributed by atoms with Crippen LogP contribution in [0.4, 0.5) is 0 Å². The van der Waals surface area contributed by atoms with E-state index in [4.69, 9.17) is 4.74 Å². The molecule has 0 fully saturated rings. The Labute approximate surface area is 89.6 Å². The van der Waals surface area contributed by atoms with E-state index in [2.05, 4.69) is 11.3 Å². The van der Waals surface area contributed by atoms with Crippen molar-refractivity contribution in [1.82, 2.24) is 4.72 Å². The minimum Gasteiger partial charge on any atom is -0.488 e. The van der Waals surface area contributed by atoms with Gasteiger partial charge in [-0.05, 0) is 19.2 Å². The molecule has 0 atom stereocenters. The lowest BCUT2D eigenvalue weighted by Gasteiger charge is -2.09. The molecule has 1 rings (SSSR count). The minimum absolute atomic E-state index is 0.134. The number of benzene rings is 1. The van der Waals surface area contributed by atoms with E-state index in [1.165, 1.54) is 13.1 Å². The van der Waals surface area contributed by atoms with Gasteiger partial charge in [0, 0.05) is 0 Å². The lowest BCUT2D eigenvalue weighted by atomic mass is 10.3. The van der Waals surface area contributed by atoms with E-state index in [1.807, 2.05) is 0 Å². The van der Waals surface area contributed by atoms with Gasteiger partial charge in [-0.1, -0.05) is 24.8 Å². The van der Waals surface area contributed by atoms with E-state index in [0.717, 1.165) is 0 Å². The third-order valence-corrected chi connectivity index (χ3v) is 3.22. The molecule has 15 heavy (non-hydrogen) atoms. The maximum atomic E-state index is 11.6. The van der Waals surface area contributed by atoms with E-state index >= 15 is 0 Å². The van der Waals surface area contributed by atoms with E-state index in [-0.39, 0.29) is 11.5 Å². The van der Waals surface area contributed by atoms with E-state index in [1.54, 1.807) is 24.3 Å². The molecule has 0 radical (unpaired) electrons. The highest BCUT2D eigenvalue weighted by atomic mass is 32.2. The Balaban J connectivity index is 3.12. The first kappa shape index (κ1) is 11.7. The molecular weight excluding hydrogens is 214 g/mol. The fourth-order valence-corrected chi connectivity index (χ4v) is 1.92. The summed E-state index contributed by atoms with van der Waals surface area (Å²) in [4.78, 5) is 0.134. The Hall–Kier alpha value is -1.33. The Morgan fingerprint density at radius 1 is 1.47 bits per heavy atom. The quantitative estimate of drug-likeness (QED) is 0.768. The third kappa shape index (κ3) is 2.81. The highest BCUT2D eigenvalue weighted by molar-refractivity contribution is 7.89. The molecule has 0 saturated carbocycles. The Kier molecular flexibility index (Phi) is 3.88. The summed E-state index contributed by atoms with van der Waals surface area (Å²) in [5.41, 5.74) is 0. The van der Waals surface area contributed by atoms with Crippen molar-refractivity contribution >= 4 is 10.0 Å². The molecule has 0 bridgehead atoms. The van der Waals surface area contributed by atoms with E-state index < -0.39 is 10.0 Å². The predicted molar refractivity (Wildman–Crippen MR) is 58.4 cm³/mol. The third-order valence-electron chi connectivity index (χ3n) is 1.76. The highest BCUT2D eigenvalue weighted by Crippen LogP contribution is 2.22. The van der Waals surface area contributed by atoms with Gasteiger partial charge in [0.2, 0.25) is 10.0 Å². The van der Waals surface area contributed by atoms with Crippen molar-refractivity contribution in [2.45, 2.75) is 4.90 Å². The Morgan fingerprint density at radius 2 is 2.13 bits per heavy atom. The number of hydrogen-bond acceptors (Lipinski definition) is 3. The molecule has 1 N–H and O–H groups in total. The molecule has 0 aliphatic heterocycles. The zero-order chi connectivity index (χ0) is 11.3. The van der Waals surface area contributed by atoms with Crippen LogP contribution in [-0.2, 0) is 10.0 Å². The summed E-state index contributed by atoms with van der Waals surface area (Å²) >= 11 is 0. The first-order chi connectivity index (χ1) is 7.11. The van der Waals surface area contributed by atoms with Crippen LogP contribution in [0.25, 0.3) is 0 Å². The van der Waals surface area contributed by atoms with Crippen LogP contribution in [0.3, 0.4) is 0 Å². The molecule has 1 aromatic rings. The zero-order valence-corrected chi connectivity index (χ0v) is 9.25. The van der Waals surface area contributed by atoms with Gasteiger partial charge in [0.15, 0.2) is 0 Å². The van der Waals surface area contributed by atoms with Gasteiger partial charge in [-0.25, -0.2) is 13.1 Å². The number of hydrogen-bond donors (Lipinski definition) is 1. The molecule has 0 saturated heterocycles. The second kappa shape index (κ2) is 4.95. The van der Waals surface area contributed by atoms with Crippen LogP contribution in [0.5, 0.6) is 5.75 Å². The summed E-state index contributed by atoms with van der Waals surface area (Å²) in [5.74, 6) is 0.326. The van der Waals surface area contributed by atoms with Gasteiger partial charge in [0.25, 0.3) is 0 Å². The molecule has 4 nitrogen and oxygen atoms in total. The first-order valence-electron chi connectivity index (χ1n) is 4.38. The van der Waals surface area contributed by atoms with Crippen molar-refractivity contribution in [3.8, 4) is 5.75 Å². The van der Waals surface area contributed by atoms with Gasteiger partial charge in [-0.2, -0.15) is 0 Å². The maximum absolute atomic E-state index is 11.6. The molecule has 0 spiro atoms. The number of rotatable bonds is 5. The van der Waals surface area contributed by atoms with Crippen molar-refractivity contribution in [2.24, 2.45) is 0 Å². The second-order valence-corrected chi connectivity index (χ2v) is 4.61. The smallest absolute Gasteiger partial charge is 0.243 e. The molecule has 0 amide bonds. The number of nitrogens with one attached hydrogen (secondary N) is 1. The van der Waals surface area contributed by atoms with Crippen molar-refractivity contribution in [2.75, 3.05) is 13.7 Å². The van der Waals surface area contributed by atoms with Crippen LogP contribution in [0.1, 0.15) is 0 Å². The van der Waals surface area contributed by atoms with Gasteiger partial charge in [0.05, 0.1) is 0 Å². The van der Waals surface area contributed by atoms with Gasteiger partial charge < -0.3 is 4.74 Å². The molecule has 0 heterocycles. The molecule has 0 aromatic heterocycles. The van der Waals surface area contributed by atoms with Crippen molar-refractivity contribution in [1.29, 1.82) is 0 Å². The zero-order valence-electron chi connectivity index (χ0n) is 8.43. The van der Waals surface area contributed by atoms with Crippen LogP contribution < -0.4 is 9.46 Å². The van der Waals surface area contributed by atoms with Crippen LogP contribution in [-0.4, -0.2) is 22.1 Å². The van der Waals surface area contributed by atoms with Gasteiger partial charge >= 0.3 is 0 Å². The van der Waals surface area contributed by atoms with Crippen LogP contribution in [0, 0.1) is 0 Å². The van der Waals surface area contributed by atoms with E-state index in [9.17, 15) is 8.42 Å². The monoisotopic (exact) mass is 227 g/mol. The Morgan fingerprint density at radius 3 is 2.73 bits per heavy atom. The summed E-state index contributed by atoms with van der Waals surface area (Å²) in [6.07, 6.45) is 1.56. The normalized spacial score (nSPS) is 11.0. The lowest BCUT2D eigenvalue weighted by molar-refractivity contribution is 0.353. The average Bonchev–Trinajstić information content (AvgIpc) is 2.26. The van der Waals surface area contributed by atoms with E-state index in [0.29, 0.717) is 5.75 Å². The number of ether oxygens (including phenoxy) is 1. The van der Waals surface area contributed by atoms with Crippen LogP contribution >= 0.6 is 0 Å². The fourth-order valence-electron chi connectivity index (χ4n) is 1.05. The predicted octanol–water partition coefficient (Wildman–Crippen LogP) is 1.16. The van der Waals surface area contributed by atoms with Crippen LogP contribution in [0.15, 0.2) is 41.8 Å². The molecule has 82 valence electrons. The van der Waals surface area contributed by atoms with Crippen molar-refractivity contribution in [3.63, 3.8) is 0 Å². The standard InChI is InChI=1S/C10H13NO3S/c1-3-8-14-9-6-4-5-7-10(9)15(12,13)11-2/h3-7,11H,1,8H2,2H3. The summed E-state index contributed by atoms with van der Waals surface area (Å²) in [7, 11) is -2.11. The molecular formula is C10H13NO3S. The topological polar surface area (TPSA) is 55.4 Å². The lowest BCUT2D eigenvalue weighted by Crippen LogP contribution is -2.19. The summed E-state index contributed by atoms with van der Waals surface area (Å²) < 4.78 is 30.6. The maximum Gasteiger partial charge on any atom is 0.243 e. The minimum atomic E-state index is -3.47. The fraction of sp³-hybridized carbons (Fsp3) is 0.200. The second-order valence-electron chi connectivity index (χ2n) is 2.75. The molecule has 0 aliphatic carbocycles.